The van der Waals surface area contributed by atoms with Crippen molar-refractivity contribution in [1.29, 1.82) is 0 Å². The van der Waals surface area contributed by atoms with E-state index in [4.69, 9.17) is 0 Å². The van der Waals surface area contributed by atoms with Crippen molar-refractivity contribution in [3.63, 3.8) is 0 Å². The maximum Gasteiger partial charge on any atom is 0.389 e. The van der Waals surface area contributed by atoms with Crippen molar-refractivity contribution in [2.24, 2.45) is 0 Å². The van der Waals surface area contributed by atoms with Crippen LogP contribution in [0.2, 0.25) is 0 Å². The van der Waals surface area contributed by atoms with Gasteiger partial charge in [-0.15, -0.1) is 0 Å². The third-order valence-electron chi connectivity index (χ3n) is 0.944. The van der Waals surface area contributed by atoms with E-state index >= 15 is 0 Å². The van der Waals surface area contributed by atoms with Crippen LogP contribution < -0.4 is 0 Å². The Morgan fingerprint density at radius 2 is 2.00 bits per heavy atom. The molecular formula is C6H4F2N2O2. The molecule has 0 bridgehead atoms. The molecule has 0 amide bonds. The Labute approximate surface area is 66.2 Å². The number of carbonyl (C=O) groups is 1. The van der Waals surface area contributed by atoms with Crippen LogP contribution in [0.3, 0.4) is 0 Å². The smallest absolute Gasteiger partial charge is 0.389 e. The van der Waals surface area contributed by atoms with Gasteiger partial charge in [0.15, 0.2) is 0 Å². The average molecular weight is 174 g/mol. The van der Waals surface area contributed by atoms with Gasteiger partial charge in [0.2, 0.25) is 5.82 Å². The first-order chi connectivity index (χ1) is 5.70. The van der Waals surface area contributed by atoms with E-state index in [0.29, 0.717) is 0 Å². The molecule has 0 atom stereocenters. The minimum absolute atomic E-state index is 0.377. The van der Waals surface area contributed by atoms with E-state index < -0.39 is 12.6 Å². The van der Waals surface area contributed by atoms with Gasteiger partial charge in [-0.3, -0.25) is 0 Å². The first-order valence-electron chi connectivity index (χ1n) is 2.96. The number of hydrogen-bond donors (Lipinski definition) is 0. The van der Waals surface area contributed by atoms with Crippen molar-refractivity contribution in [3.05, 3.63) is 24.3 Å². The normalized spacial score (nSPS) is 9.92. The SMILES string of the molecule is O=C(OC(F)F)c1ncccn1. The number of esters is 1. The van der Waals surface area contributed by atoms with E-state index in [0.717, 1.165) is 0 Å². The van der Waals surface area contributed by atoms with E-state index in [1.165, 1.54) is 18.5 Å². The lowest BCUT2D eigenvalue weighted by atomic mass is 10.6. The average Bonchev–Trinajstić information content (AvgIpc) is 2.05. The Bertz CT molecular complexity index is 266. The number of alkyl halides is 2. The van der Waals surface area contributed by atoms with Crippen molar-refractivity contribution in [3.8, 4) is 0 Å². The fraction of sp³-hybridized carbons (Fsp3) is 0.167. The third-order valence-corrected chi connectivity index (χ3v) is 0.944. The molecular weight excluding hydrogens is 170 g/mol. The number of ether oxygens (including phenoxy) is 1. The van der Waals surface area contributed by atoms with E-state index in [9.17, 15) is 13.6 Å². The number of carbonyl (C=O) groups excluding carboxylic acids is 1. The Balaban J connectivity index is 2.66. The molecule has 12 heavy (non-hydrogen) atoms. The predicted molar refractivity (Wildman–Crippen MR) is 33.5 cm³/mol. The number of aromatic nitrogens is 2. The number of halogens is 2. The zero-order chi connectivity index (χ0) is 8.97. The van der Waals surface area contributed by atoms with Crippen LogP contribution in [0, 0.1) is 0 Å². The van der Waals surface area contributed by atoms with E-state index in [-0.39, 0.29) is 5.82 Å². The highest BCUT2D eigenvalue weighted by Crippen LogP contribution is 1.99. The Kier molecular flexibility index (Phi) is 2.62. The first kappa shape index (κ1) is 8.51. The van der Waals surface area contributed by atoms with Gasteiger partial charge in [0, 0.05) is 12.4 Å². The second-order valence-corrected chi connectivity index (χ2v) is 1.74. The minimum Gasteiger partial charge on any atom is -0.397 e. The molecule has 64 valence electrons. The monoisotopic (exact) mass is 174 g/mol. The highest BCUT2D eigenvalue weighted by molar-refractivity contribution is 5.84. The molecule has 0 N–H and O–H groups in total. The third kappa shape index (κ3) is 2.22. The van der Waals surface area contributed by atoms with Crippen LogP contribution in [0.1, 0.15) is 10.6 Å². The lowest BCUT2D eigenvalue weighted by molar-refractivity contribution is -0.0913. The molecule has 0 unspecified atom stereocenters. The van der Waals surface area contributed by atoms with Gasteiger partial charge < -0.3 is 4.74 Å². The Morgan fingerprint density at radius 3 is 2.50 bits per heavy atom. The molecule has 4 nitrogen and oxygen atoms in total. The molecule has 0 aliphatic carbocycles. The van der Waals surface area contributed by atoms with Crippen LogP contribution in [0.4, 0.5) is 8.78 Å². The van der Waals surface area contributed by atoms with Gasteiger partial charge in [0.1, 0.15) is 0 Å². The van der Waals surface area contributed by atoms with Gasteiger partial charge in [-0.25, -0.2) is 14.8 Å². The molecule has 0 saturated heterocycles. The van der Waals surface area contributed by atoms with Crippen LogP contribution in [0.5, 0.6) is 0 Å². The molecule has 1 rings (SSSR count). The summed E-state index contributed by atoms with van der Waals surface area (Å²) in [5, 5.41) is 0. The maximum atomic E-state index is 11.5. The van der Waals surface area contributed by atoms with Crippen molar-refractivity contribution in [2.75, 3.05) is 0 Å². The maximum absolute atomic E-state index is 11.5. The van der Waals surface area contributed by atoms with E-state index in [2.05, 4.69) is 14.7 Å². The summed E-state index contributed by atoms with van der Waals surface area (Å²) in [6, 6.07) is 1.46. The zero-order valence-corrected chi connectivity index (χ0v) is 5.78. The van der Waals surface area contributed by atoms with Crippen molar-refractivity contribution in [2.45, 2.75) is 6.61 Å². The summed E-state index contributed by atoms with van der Waals surface area (Å²) in [5.41, 5.74) is 0. The highest BCUT2D eigenvalue weighted by atomic mass is 19.3. The minimum atomic E-state index is -3.14. The van der Waals surface area contributed by atoms with Crippen molar-refractivity contribution < 1.29 is 18.3 Å². The molecule has 6 heteroatoms. The molecule has 0 aliphatic heterocycles. The van der Waals surface area contributed by atoms with Gasteiger partial charge in [0.05, 0.1) is 0 Å². The summed E-state index contributed by atoms with van der Waals surface area (Å²) >= 11 is 0. The zero-order valence-electron chi connectivity index (χ0n) is 5.78. The highest BCUT2D eigenvalue weighted by Gasteiger charge is 2.14. The summed E-state index contributed by atoms with van der Waals surface area (Å²) in [7, 11) is 0. The fourth-order valence-corrected chi connectivity index (χ4v) is 0.538. The predicted octanol–water partition coefficient (Wildman–Crippen LogP) is 0.856. The number of rotatable bonds is 2. The molecule has 0 saturated carbocycles. The lowest BCUT2D eigenvalue weighted by Crippen LogP contribution is -2.12. The van der Waals surface area contributed by atoms with Gasteiger partial charge in [0.25, 0.3) is 0 Å². The van der Waals surface area contributed by atoms with E-state index in [1.54, 1.807) is 0 Å². The molecule has 0 aliphatic rings. The van der Waals surface area contributed by atoms with Gasteiger partial charge >= 0.3 is 12.6 Å². The van der Waals surface area contributed by atoms with Crippen molar-refractivity contribution >= 4 is 5.97 Å². The van der Waals surface area contributed by atoms with Crippen LogP contribution in [0.25, 0.3) is 0 Å². The second kappa shape index (κ2) is 3.70. The quantitative estimate of drug-likeness (QED) is 0.624. The van der Waals surface area contributed by atoms with E-state index in [1.807, 2.05) is 0 Å². The lowest BCUT2D eigenvalue weighted by Gasteiger charge is -1.99. The summed E-state index contributed by atoms with van der Waals surface area (Å²) in [4.78, 5) is 17.5. The molecule has 0 radical (unpaired) electrons. The Hall–Kier alpha value is -1.59. The molecule has 0 fully saturated rings. The largest absolute Gasteiger partial charge is 0.397 e. The van der Waals surface area contributed by atoms with Crippen molar-refractivity contribution in [1.82, 2.24) is 9.97 Å². The molecule has 1 aromatic heterocycles. The van der Waals surface area contributed by atoms with Crippen LogP contribution in [0.15, 0.2) is 18.5 Å². The second-order valence-electron chi connectivity index (χ2n) is 1.74. The number of hydrogen-bond acceptors (Lipinski definition) is 4. The molecule has 0 aromatic carbocycles. The summed E-state index contributed by atoms with van der Waals surface area (Å²) in [6.07, 6.45) is 2.52. The molecule has 1 aromatic rings. The molecule has 0 spiro atoms. The van der Waals surface area contributed by atoms with Crippen LogP contribution >= 0.6 is 0 Å². The molecule has 1 heterocycles. The summed E-state index contributed by atoms with van der Waals surface area (Å²) in [5.74, 6) is -1.61. The van der Waals surface area contributed by atoms with Crippen LogP contribution in [-0.2, 0) is 4.74 Å². The fourth-order valence-electron chi connectivity index (χ4n) is 0.538. The summed E-state index contributed by atoms with van der Waals surface area (Å²) < 4.78 is 26.5. The van der Waals surface area contributed by atoms with Gasteiger partial charge in [-0.05, 0) is 6.07 Å². The standard InChI is InChI=1S/C6H4F2N2O2/c7-6(8)12-5(11)4-9-2-1-3-10-4/h1-3,6H. The summed E-state index contributed by atoms with van der Waals surface area (Å²) in [6.45, 7) is -3.14. The number of nitrogens with zero attached hydrogens (tertiary/aromatic N) is 2. The first-order valence-corrected chi connectivity index (χ1v) is 2.96. The Morgan fingerprint density at radius 1 is 1.42 bits per heavy atom. The van der Waals surface area contributed by atoms with Gasteiger partial charge in [-0.2, -0.15) is 8.78 Å². The van der Waals surface area contributed by atoms with Crippen LogP contribution in [-0.4, -0.2) is 22.5 Å². The van der Waals surface area contributed by atoms with Gasteiger partial charge in [-0.1, -0.05) is 0 Å². The topological polar surface area (TPSA) is 52.1 Å².